The molecule has 106 valence electrons. The van der Waals surface area contributed by atoms with E-state index in [0.717, 1.165) is 0 Å². The lowest BCUT2D eigenvalue weighted by Gasteiger charge is -2.07. The van der Waals surface area contributed by atoms with E-state index in [0.29, 0.717) is 0 Å². The van der Waals surface area contributed by atoms with Gasteiger partial charge in [0.2, 0.25) is 0 Å². The Labute approximate surface area is 136 Å². The maximum absolute atomic E-state index is 6.21. The molecule has 3 aromatic rings. The van der Waals surface area contributed by atoms with Crippen molar-refractivity contribution in [3.63, 3.8) is 0 Å². The summed E-state index contributed by atoms with van der Waals surface area (Å²) in [5.74, 6) is 0. The molecule has 1 aliphatic rings. The second-order valence-corrected chi connectivity index (χ2v) is 9.65. The van der Waals surface area contributed by atoms with E-state index in [2.05, 4.69) is 91.0 Å². The first-order valence-corrected chi connectivity index (χ1v) is 10.1. The van der Waals surface area contributed by atoms with E-state index in [1.807, 2.05) is 0 Å². The van der Waals surface area contributed by atoms with Crippen molar-refractivity contribution in [2.24, 2.45) is 0 Å². The van der Waals surface area contributed by atoms with Crippen LogP contribution in [-0.4, -0.2) is 0 Å². The molecule has 0 atom stereocenters. The maximum Gasteiger partial charge on any atom is 0.0405 e. The quantitative estimate of drug-likeness (QED) is 0.588. The fraction of sp³-hybridized carbons (Fsp3) is 0. The first-order chi connectivity index (χ1) is 10.8. The van der Waals surface area contributed by atoms with Crippen LogP contribution < -0.4 is 5.30 Å². The zero-order valence-electron chi connectivity index (χ0n) is 12.0. The Balaban J connectivity index is 1.90. The van der Waals surface area contributed by atoms with Gasteiger partial charge >= 0.3 is 0 Å². The molecule has 0 aliphatic carbocycles. The van der Waals surface area contributed by atoms with Gasteiger partial charge in [0.1, 0.15) is 0 Å². The molecule has 22 heavy (non-hydrogen) atoms. The molecule has 0 fully saturated rings. The highest BCUT2D eigenvalue weighted by molar-refractivity contribution is 8.33. The molecule has 0 nitrogen and oxygen atoms in total. The number of hydrogen-bond acceptors (Lipinski definition) is 1. The van der Waals surface area contributed by atoms with Crippen LogP contribution >= 0.6 is 6.04 Å². The van der Waals surface area contributed by atoms with Crippen molar-refractivity contribution < 1.29 is 0 Å². The predicted octanol–water partition coefficient (Wildman–Crippen LogP) is 5.33. The van der Waals surface area contributed by atoms with E-state index in [1.54, 1.807) is 0 Å². The van der Waals surface area contributed by atoms with Crippen molar-refractivity contribution in [3.8, 4) is 0 Å². The molecule has 0 bridgehead atoms. The highest BCUT2D eigenvalue weighted by Gasteiger charge is 2.46. The highest BCUT2D eigenvalue weighted by atomic mass is 32.4. The third kappa shape index (κ3) is 2.09. The van der Waals surface area contributed by atoms with Gasteiger partial charge in [0.15, 0.2) is 0 Å². The summed E-state index contributed by atoms with van der Waals surface area (Å²) in [5.41, 5.74) is 2.54. The van der Waals surface area contributed by atoms with Crippen LogP contribution in [0.5, 0.6) is 0 Å². The van der Waals surface area contributed by atoms with Gasteiger partial charge in [0.25, 0.3) is 0 Å². The van der Waals surface area contributed by atoms with Gasteiger partial charge in [-0.1, -0.05) is 103 Å². The van der Waals surface area contributed by atoms with Crippen LogP contribution in [0.15, 0.2) is 91.0 Å². The molecule has 1 aliphatic heterocycles. The smallest absolute Gasteiger partial charge is 0.0405 e. The zero-order chi connectivity index (χ0) is 15.0. The van der Waals surface area contributed by atoms with Crippen LogP contribution in [0.3, 0.4) is 0 Å². The number of hydrogen-bond donors (Lipinski definition) is 0. The predicted molar refractivity (Wildman–Crippen MR) is 100 cm³/mol. The Morgan fingerprint density at radius 3 is 1.27 bits per heavy atom. The minimum atomic E-state index is -1.77. The van der Waals surface area contributed by atoms with Crippen LogP contribution in [0.1, 0.15) is 11.1 Å². The van der Waals surface area contributed by atoms with Crippen LogP contribution in [0, 0.1) is 0 Å². The second-order valence-electron chi connectivity index (χ2n) is 5.37. The molecule has 0 amide bonds. The third-order valence-electron chi connectivity index (χ3n) is 4.02. The summed E-state index contributed by atoms with van der Waals surface area (Å²) < 4.78 is 0. The van der Waals surface area contributed by atoms with Crippen LogP contribution in [-0.2, 0) is 11.8 Å². The fourth-order valence-corrected chi connectivity index (χ4v) is 7.72. The molecule has 3 aromatic carbocycles. The standard InChI is InChI=1S/C20H15PS/c22-21(18-14-8-3-9-15-18)19(16-10-4-1-5-11-16)20(21)17-12-6-2-7-13-17/h1-15H. The Morgan fingerprint density at radius 2 is 0.864 bits per heavy atom. The second kappa shape index (κ2) is 5.35. The molecule has 0 N–H and O–H groups in total. The van der Waals surface area contributed by atoms with E-state index in [4.69, 9.17) is 11.8 Å². The molecule has 0 saturated heterocycles. The lowest BCUT2D eigenvalue weighted by molar-refractivity contribution is 1.65. The molecular formula is C20H15PS. The summed E-state index contributed by atoms with van der Waals surface area (Å²) in [7, 11) is 0. The molecular weight excluding hydrogens is 303 g/mol. The minimum Gasteiger partial charge on any atom is -0.0825 e. The summed E-state index contributed by atoms with van der Waals surface area (Å²) in [6.45, 7) is 0. The molecule has 4 rings (SSSR count). The summed E-state index contributed by atoms with van der Waals surface area (Å²) in [4.78, 5) is 0. The minimum absolute atomic E-state index is 1.27. The van der Waals surface area contributed by atoms with Crippen LogP contribution in [0.25, 0.3) is 10.6 Å². The van der Waals surface area contributed by atoms with Crippen LogP contribution in [0.4, 0.5) is 0 Å². The van der Waals surface area contributed by atoms with E-state index in [-0.39, 0.29) is 0 Å². The van der Waals surface area contributed by atoms with Gasteiger partial charge in [0, 0.05) is 16.7 Å². The number of rotatable bonds is 3. The average molecular weight is 318 g/mol. The first kappa shape index (κ1) is 13.7. The molecule has 1 heterocycles. The molecule has 0 aromatic heterocycles. The summed E-state index contributed by atoms with van der Waals surface area (Å²) in [6, 6.07) is 30.0. The van der Waals surface area contributed by atoms with Gasteiger partial charge in [-0.3, -0.25) is 0 Å². The van der Waals surface area contributed by atoms with E-state index in [1.165, 1.54) is 27.1 Å². The molecule has 0 unspecified atom stereocenters. The largest absolute Gasteiger partial charge is 0.0825 e. The Morgan fingerprint density at radius 1 is 0.500 bits per heavy atom. The topological polar surface area (TPSA) is 0 Å². The van der Waals surface area contributed by atoms with Gasteiger partial charge in [0.05, 0.1) is 0 Å². The average Bonchev–Trinajstić information content (AvgIpc) is 3.24. The Hall–Kier alpha value is -1.95. The van der Waals surface area contributed by atoms with Crippen molar-refractivity contribution in [1.29, 1.82) is 0 Å². The number of benzene rings is 3. The van der Waals surface area contributed by atoms with E-state index < -0.39 is 6.04 Å². The normalized spacial score (nSPS) is 15.6. The van der Waals surface area contributed by atoms with Crippen molar-refractivity contribution in [1.82, 2.24) is 0 Å². The third-order valence-corrected chi connectivity index (χ3v) is 8.77. The molecule has 0 saturated carbocycles. The Kier molecular flexibility index (Phi) is 3.33. The van der Waals surface area contributed by atoms with Crippen molar-refractivity contribution in [3.05, 3.63) is 102 Å². The van der Waals surface area contributed by atoms with Gasteiger partial charge in [-0.15, -0.1) is 0 Å². The molecule has 0 radical (unpaired) electrons. The van der Waals surface area contributed by atoms with Crippen molar-refractivity contribution in [2.75, 3.05) is 0 Å². The monoisotopic (exact) mass is 318 g/mol. The van der Waals surface area contributed by atoms with E-state index >= 15 is 0 Å². The molecule has 2 heteroatoms. The lowest BCUT2D eigenvalue weighted by atomic mass is 10.1. The van der Waals surface area contributed by atoms with E-state index in [9.17, 15) is 0 Å². The Bertz CT molecular complexity index is 827. The van der Waals surface area contributed by atoms with Crippen LogP contribution in [0.2, 0.25) is 0 Å². The van der Waals surface area contributed by atoms with Crippen molar-refractivity contribution in [2.45, 2.75) is 0 Å². The zero-order valence-corrected chi connectivity index (χ0v) is 13.7. The first-order valence-electron chi connectivity index (χ1n) is 7.34. The van der Waals surface area contributed by atoms with Gasteiger partial charge in [-0.05, 0) is 16.4 Å². The van der Waals surface area contributed by atoms with Crippen molar-refractivity contribution >= 4 is 33.8 Å². The summed E-state index contributed by atoms with van der Waals surface area (Å²) in [6.07, 6.45) is 0. The summed E-state index contributed by atoms with van der Waals surface area (Å²) >= 11 is 6.21. The lowest BCUT2D eigenvalue weighted by Crippen LogP contribution is -1.96. The maximum atomic E-state index is 6.21. The van der Waals surface area contributed by atoms with Gasteiger partial charge < -0.3 is 0 Å². The summed E-state index contributed by atoms with van der Waals surface area (Å²) in [5, 5.41) is 4.05. The SMILES string of the molecule is S=P1(c2ccccc2)C(c2ccccc2)=C1c1ccccc1. The van der Waals surface area contributed by atoms with Gasteiger partial charge in [-0.25, -0.2) is 0 Å². The highest BCUT2D eigenvalue weighted by Crippen LogP contribution is 2.84. The van der Waals surface area contributed by atoms with Gasteiger partial charge in [-0.2, -0.15) is 0 Å². The fourth-order valence-electron chi connectivity index (χ4n) is 2.96. The molecule has 0 spiro atoms.